The Kier molecular flexibility index (Phi) is 3.75. The molecule has 0 saturated heterocycles. The molecule has 112 valence electrons. The van der Waals surface area contributed by atoms with E-state index in [0.717, 1.165) is 11.4 Å². The van der Waals surface area contributed by atoms with E-state index in [2.05, 4.69) is 65.8 Å². The molecule has 0 aromatic heterocycles. The molecule has 2 aromatic carbocycles. The molecule has 2 heteroatoms. The molecule has 0 amide bonds. The Morgan fingerprint density at radius 3 is 1.10 bits per heavy atom. The fourth-order valence-corrected chi connectivity index (χ4v) is 4.09. The van der Waals surface area contributed by atoms with Crippen molar-refractivity contribution >= 4 is 11.4 Å². The highest BCUT2D eigenvalue weighted by atomic mass is 14.6. The van der Waals surface area contributed by atoms with Gasteiger partial charge in [0.15, 0.2) is 0 Å². The van der Waals surface area contributed by atoms with Crippen molar-refractivity contribution < 1.29 is 0 Å². The first-order valence-electron chi connectivity index (χ1n) is 7.39. The molecule has 2 nitrogen and oxygen atoms in total. The van der Waals surface area contributed by atoms with Crippen molar-refractivity contribution in [3.05, 3.63) is 57.6 Å². The highest BCUT2D eigenvalue weighted by Gasteiger charge is 2.29. The first-order valence-corrected chi connectivity index (χ1v) is 7.39. The number of benzene rings is 2. The molecule has 0 unspecified atom stereocenters. The molecule has 2 aromatic rings. The summed E-state index contributed by atoms with van der Waals surface area (Å²) in [6, 6.07) is 8.25. The fourth-order valence-electron chi connectivity index (χ4n) is 4.09. The molecule has 0 aliphatic heterocycles. The van der Waals surface area contributed by atoms with E-state index in [1.54, 1.807) is 0 Å². The van der Waals surface area contributed by atoms with Crippen molar-refractivity contribution in [3.63, 3.8) is 0 Å². The molecule has 21 heavy (non-hydrogen) atoms. The minimum absolute atomic E-state index is 0.0796. The summed E-state index contributed by atoms with van der Waals surface area (Å²) >= 11 is 0. The predicted molar refractivity (Wildman–Crippen MR) is 92.8 cm³/mol. The van der Waals surface area contributed by atoms with Crippen LogP contribution in [0.5, 0.6) is 0 Å². The Morgan fingerprint density at radius 2 is 0.857 bits per heavy atom. The maximum Gasteiger partial charge on any atom is 0.0319 e. The van der Waals surface area contributed by atoms with Gasteiger partial charge in [-0.1, -0.05) is 13.8 Å². The molecule has 0 radical (unpaired) electrons. The van der Waals surface area contributed by atoms with Crippen molar-refractivity contribution in [2.24, 2.45) is 0 Å². The zero-order valence-corrected chi connectivity index (χ0v) is 14.0. The van der Waals surface area contributed by atoms with Gasteiger partial charge in [0, 0.05) is 16.8 Å². The van der Waals surface area contributed by atoms with Gasteiger partial charge in [-0.3, -0.25) is 0 Å². The van der Waals surface area contributed by atoms with Gasteiger partial charge in [0.25, 0.3) is 0 Å². The number of hydrogen-bond acceptors (Lipinski definition) is 2. The summed E-state index contributed by atoms with van der Waals surface area (Å²) in [5, 5.41) is 0. The number of nitrogen functional groups attached to an aromatic ring is 2. The maximum atomic E-state index is 5.97. The largest absolute Gasteiger partial charge is 0.399 e. The van der Waals surface area contributed by atoms with E-state index < -0.39 is 0 Å². The summed E-state index contributed by atoms with van der Waals surface area (Å²) in [6.07, 6.45) is 0. The summed E-state index contributed by atoms with van der Waals surface area (Å²) in [7, 11) is 0. The Balaban J connectivity index is 2.74. The van der Waals surface area contributed by atoms with Gasteiger partial charge in [-0.25, -0.2) is 0 Å². The molecule has 0 aliphatic rings. The second-order valence-electron chi connectivity index (χ2n) is 6.68. The van der Waals surface area contributed by atoms with Crippen molar-refractivity contribution in [2.45, 2.75) is 47.0 Å². The number of rotatable bonds is 2. The predicted octanol–water partition coefficient (Wildman–Crippen LogP) is 4.41. The Morgan fingerprint density at radius 1 is 0.619 bits per heavy atom. The highest BCUT2D eigenvalue weighted by Crippen LogP contribution is 2.40. The number of anilines is 2. The molecule has 0 spiro atoms. The van der Waals surface area contributed by atoms with E-state index in [-0.39, 0.29) is 5.41 Å². The Bertz CT molecular complexity index is 591. The van der Waals surface area contributed by atoms with Crippen LogP contribution in [0.1, 0.15) is 47.2 Å². The third kappa shape index (κ3) is 2.63. The lowest BCUT2D eigenvalue weighted by molar-refractivity contribution is 0.622. The molecule has 0 atom stereocenters. The number of nitrogens with two attached hydrogens (primary N) is 2. The van der Waals surface area contributed by atoms with Gasteiger partial charge in [-0.2, -0.15) is 0 Å². The third-order valence-electron chi connectivity index (χ3n) is 4.36. The average molecular weight is 282 g/mol. The number of aryl methyl sites for hydroxylation is 4. The average Bonchev–Trinajstić information content (AvgIpc) is 2.23. The normalized spacial score (nSPS) is 11.7. The molecular weight excluding hydrogens is 256 g/mol. The fraction of sp³-hybridized carbons (Fsp3) is 0.368. The smallest absolute Gasteiger partial charge is 0.0319 e. The maximum absolute atomic E-state index is 5.97. The van der Waals surface area contributed by atoms with Crippen LogP contribution in [0.4, 0.5) is 11.4 Å². The summed E-state index contributed by atoms with van der Waals surface area (Å²) < 4.78 is 0. The third-order valence-corrected chi connectivity index (χ3v) is 4.36. The standard InChI is InChI=1S/C19H26N2/c1-11-7-15(20)8-12(2)17(11)19(5,6)18-13(3)9-16(21)10-14(18)4/h7-10H,20-21H2,1-6H3. The Labute approximate surface area is 128 Å². The Hall–Kier alpha value is -1.96. The lowest BCUT2D eigenvalue weighted by Crippen LogP contribution is -2.24. The van der Waals surface area contributed by atoms with Gasteiger partial charge in [0.1, 0.15) is 0 Å². The van der Waals surface area contributed by atoms with Crippen LogP contribution in [0.2, 0.25) is 0 Å². The molecule has 2 rings (SSSR count). The first kappa shape index (κ1) is 15.4. The van der Waals surface area contributed by atoms with Crippen LogP contribution in [-0.2, 0) is 5.41 Å². The molecule has 0 saturated carbocycles. The van der Waals surface area contributed by atoms with E-state index in [9.17, 15) is 0 Å². The minimum atomic E-state index is -0.0796. The van der Waals surface area contributed by atoms with Crippen LogP contribution in [0.25, 0.3) is 0 Å². The highest BCUT2D eigenvalue weighted by molar-refractivity contribution is 5.58. The monoisotopic (exact) mass is 282 g/mol. The summed E-state index contributed by atoms with van der Waals surface area (Å²) in [5.74, 6) is 0. The quantitative estimate of drug-likeness (QED) is 0.802. The number of hydrogen-bond donors (Lipinski definition) is 2. The molecule has 0 bridgehead atoms. The summed E-state index contributed by atoms with van der Waals surface area (Å²) in [4.78, 5) is 0. The zero-order chi connectivity index (χ0) is 15.9. The van der Waals surface area contributed by atoms with Crippen molar-refractivity contribution in [1.29, 1.82) is 0 Å². The first-order chi connectivity index (χ1) is 9.64. The van der Waals surface area contributed by atoms with E-state index in [1.807, 2.05) is 0 Å². The second kappa shape index (κ2) is 5.10. The van der Waals surface area contributed by atoms with Crippen molar-refractivity contribution in [1.82, 2.24) is 0 Å². The van der Waals surface area contributed by atoms with E-state index in [0.29, 0.717) is 0 Å². The molecule has 0 fully saturated rings. The van der Waals surface area contributed by atoms with E-state index in [4.69, 9.17) is 11.5 Å². The lowest BCUT2D eigenvalue weighted by Gasteiger charge is -2.33. The van der Waals surface area contributed by atoms with Crippen LogP contribution in [0.3, 0.4) is 0 Å². The second-order valence-corrected chi connectivity index (χ2v) is 6.68. The lowest BCUT2D eigenvalue weighted by atomic mass is 9.71. The topological polar surface area (TPSA) is 52.0 Å². The van der Waals surface area contributed by atoms with Crippen molar-refractivity contribution in [2.75, 3.05) is 11.5 Å². The molecular formula is C19H26N2. The van der Waals surface area contributed by atoms with Crippen LogP contribution in [0, 0.1) is 27.7 Å². The van der Waals surface area contributed by atoms with E-state index >= 15 is 0 Å². The zero-order valence-electron chi connectivity index (χ0n) is 14.0. The molecule has 0 heterocycles. The van der Waals surface area contributed by atoms with Gasteiger partial charge in [-0.15, -0.1) is 0 Å². The SMILES string of the molecule is Cc1cc(N)cc(C)c1C(C)(C)c1c(C)cc(N)cc1C. The van der Waals surface area contributed by atoms with Gasteiger partial charge in [0.05, 0.1) is 0 Å². The molecule has 4 N–H and O–H groups in total. The van der Waals surface area contributed by atoms with E-state index in [1.165, 1.54) is 33.4 Å². The van der Waals surface area contributed by atoms with Crippen LogP contribution < -0.4 is 11.5 Å². The summed E-state index contributed by atoms with van der Waals surface area (Å²) in [6.45, 7) is 13.1. The van der Waals surface area contributed by atoms with Gasteiger partial charge in [0.2, 0.25) is 0 Å². The van der Waals surface area contributed by atoms with Gasteiger partial charge >= 0.3 is 0 Å². The summed E-state index contributed by atoms with van der Waals surface area (Å²) in [5.41, 5.74) is 21.2. The molecule has 0 aliphatic carbocycles. The van der Waals surface area contributed by atoms with Crippen LogP contribution in [0.15, 0.2) is 24.3 Å². The van der Waals surface area contributed by atoms with Crippen molar-refractivity contribution in [3.8, 4) is 0 Å². The van der Waals surface area contributed by atoms with Gasteiger partial charge < -0.3 is 11.5 Å². The van der Waals surface area contributed by atoms with Crippen LogP contribution >= 0.6 is 0 Å². The minimum Gasteiger partial charge on any atom is -0.399 e. The van der Waals surface area contributed by atoms with Crippen LogP contribution in [-0.4, -0.2) is 0 Å². The van der Waals surface area contributed by atoms with Gasteiger partial charge in [-0.05, 0) is 85.3 Å².